The molecule has 1 aliphatic rings. The standard InChI is InChI=1S/C23H26F3N5O3S/c1-35-15-5-2-13(3-6-15)21(33)31-18-8-9-28-11-19(18)30-20(32)12-29-22(34)16-10-14(23(24,25)26)4-7-17(16)27/h2-7,10,18-19,28H,8-9,11-12,27H2,1H3,(H,29,34)(H,30,32)(H,31,33)/t18-,19+/m1/s1. The average molecular weight is 510 g/mol. The van der Waals surface area contributed by atoms with Crippen LogP contribution in [0.15, 0.2) is 47.4 Å². The average Bonchev–Trinajstić information content (AvgIpc) is 2.83. The second-order valence-electron chi connectivity index (χ2n) is 7.96. The van der Waals surface area contributed by atoms with E-state index < -0.39 is 36.1 Å². The van der Waals surface area contributed by atoms with Crippen LogP contribution in [0.1, 0.15) is 32.7 Å². The second kappa shape index (κ2) is 11.5. The van der Waals surface area contributed by atoms with Gasteiger partial charge >= 0.3 is 6.18 Å². The molecule has 1 saturated heterocycles. The molecule has 2 aromatic rings. The number of anilines is 1. The molecule has 0 aromatic heterocycles. The van der Waals surface area contributed by atoms with Crippen molar-refractivity contribution in [2.45, 2.75) is 29.6 Å². The number of rotatable bonds is 7. The highest BCUT2D eigenvalue weighted by molar-refractivity contribution is 7.98. The number of nitrogens with one attached hydrogen (secondary N) is 4. The molecule has 1 aliphatic heterocycles. The lowest BCUT2D eigenvalue weighted by molar-refractivity contribution is -0.137. The van der Waals surface area contributed by atoms with Gasteiger partial charge in [0.15, 0.2) is 0 Å². The summed E-state index contributed by atoms with van der Waals surface area (Å²) in [5.41, 5.74) is 4.61. The number of halogens is 3. The third kappa shape index (κ3) is 7.12. The summed E-state index contributed by atoms with van der Waals surface area (Å²) in [6.07, 6.45) is -2.12. The number of hydrogen-bond donors (Lipinski definition) is 5. The highest BCUT2D eigenvalue weighted by atomic mass is 32.2. The lowest BCUT2D eigenvalue weighted by Gasteiger charge is -2.33. The van der Waals surface area contributed by atoms with Crippen molar-refractivity contribution in [3.05, 3.63) is 59.2 Å². The summed E-state index contributed by atoms with van der Waals surface area (Å²) in [6.45, 7) is 0.576. The van der Waals surface area contributed by atoms with Crippen molar-refractivity contribution in [2.24, 2.45) is 0 Å². The Morgan fingerprint density at radius 3 is 2.43 bits per heavy atom. The molecule has 6 N–H and O–H groups in total. The molecule has 2 aromatic carbocycles. The molecule has 3 rings (SSSR count). The van der Waals surface area contributed by atoms with Crippen LogP contribution >= 0.6 is 11.8 Å². The largest absolute Gasteiger partial charge is 0.416 e. The van der Waals surface area contributed by atoms with Crippen molar-refractivity contribution in [1.82, 2.24) is 21.3 Å². The molecule has 8 nitrogen and oxygen atoms in total. The van der Waals surface area contributed by atoms with Gasteiger partial charge in [-0.25, -0.2) is 0 Å². The molecular formula is C23H26F3N5O3S. The van der Waals surface area contributed by atoms with Crippen LogP contribution in [0.3, 0.4) is 0 Å². The zero-order valence-corrected chi connectivity index (χ0v) is 19.7. The first-order valence-electron chi connectivity index (χ1n) is 10.8. The van der Waals surface area contributed by atoms with Crippen LogP contribution < -0.4 is 27.0 Å². The first-order valence-corrected chi connectivity index (χ1v) is 12.0. The minimum Gasteiger partial charge on any atom is -0.398 e. The maximum absolute atomic E-state index is 12.9. The summed E-state index contributed by atoms with van der Waals surface area (Å²) >= 11 is 1.57. The van der Waals surface area contributed by atoms with Crippen LogP contribution in [-0.2, 0) is 11.0 Å². The van der Waals surface area contributed by atoms with Crippen molar-refractivity contribution in [3.63, 3.8) is 0 Å². The topological polar surface area (TPSA) is 125 Å². The molecular weight excluding hydrogens is 483 g/mol. The van der Waals surface area contributed by atoms with Gasteiger partial charge in [-0.2, -0.15) is 13.2 Å². The molecule has 1 fully saturated rings. The van der Waals surface area contributed by atoms with Gasteiger partial charge in [-0.05, 0) is 61.7 Å². The van der Waals surface area contributed by atoms with Crippen LogP contribution in [0.5, 0.6) is 0 Å². The summed E-state index contributed by atoms with van der Waals surface area (Å²) in [6, 6.07) is 8.78. The molecule has 0 aliphatic carbocycles. The van der Waals surface area contributed by atoms with E-state index in [-0.39, 0.29) is 23.2 Å². The van der Waals surface area contributed by atoms with Gasteiger partial charge in [-0.15, -0.1) is 11.8 Å². The van der Waals surface area contributed by atoms with E-state index in [0.29, 0.717) is 31.1 Å². The van der Waals surface area contributed by atoms with E-state index in [4.69, 9.17) is 5.73 Å². The molecule has 35 heavy (non-hydrogen) atoms. The van der Waals surface area contributed by atoms with Gasteiger partial charge in [0.05, 0.1) is 29.8 Å². The molecule has 3 amide bonds. The van der Waals surface area contributed by atoms with Crippen LogP contribution in [0, 0.1) is 0 Å². The summed E-state index contributed by atoms with van der Waals surface area (Å²) in [7, 11) is 0. The van der Waals surface area contributed by atoms with Gasteiger partial charge in [-0.3, -0.25) is 14.4 Å². The number of alkyl halides is 3. The third-order valence-corrected chi connectivity index (χ3v) is 6.28. The Kier molecular flexibility index (Phi) is 8.62. The van der Waals surface area contributed by atoms with Crippen LogP contribution in [0.25, 0.3) is 0 Å². The molecule has 0 saturated carbocycles. The number of hydrogen-bond acceptors (Lipinski definition) is 6. The fraction of sp³-hybridized carbons (Fsp3) is 0.348. The van der Waals surface area contributed by atoms with E-state index in [1.807, 2.05) is 18.4 Å². The van der Waals surface area contributed by atoms with Crippen molar-refractivity contribution in [1.29, 1.82) is 0 Å². The molecule has 188 valence electrons. The number of carbonyl (C=O) groups is 3. The number of nitrogen functional groups attached to an aromatic ring is 1. The Bertz CT molecular complexity index is 1080. The number of nitrogens with two attached hydrogens (primary N) is 1. The van der Waals surface area contributed by atoms with E-state index >= 15 is 0 Å². The van der Waals surface area contributed by atoms with E-state index in [1.165, 1.54) is 0 Å². The monoisotopic (exact) mass is 509 g/mol. The van der Waals surface area contributed by atoms with E-state index in [0.717, 1.165) is 17.0 Å². The lowest BCUT2D eigenvalue weighted by atomic mass is 10.00. The summed E-state index contributed by atoms with van der Waals surface area (Å²) in [4.78, 5) is 38.5. The zero-order valence-electron chi connectivity index (χ0n) is 18.9. The first kappa shape index (κ1) is 26.4. The molecule has 0 unspecified atom stereocenters. The Morgan fingerprint density at radius 2 is 1.77 bits per heavy atom. The smallest absolute Gasteiger partial charge is 0.398 e. The minimum absolute atomic E-state index is 0.138. The molecule has 12 heteroatoms. The van der Waals surface area contributed by atoms with Gasteiger partial charge in [0.1, 0.15) is 0 Å². The highest BCUT2D eigenvalue weighted by Gasteiger charge is 2.32. The van der Waals surface area contributed by atoms with E-state index in [2.05, 4.69) is 21.3 Å². The maximum atomic E-state index is 12.9. The summed E-state index contributed by atoms with van der Waals surface area (Å²) < 4.78 is 38.8. The van der Waals surface area contributed by atoms with Gasteiger partial charge < -0.3 is 27.0 Å². The van der Waals surface area contributed by atoms with Crippen LogP contribution in [0.2, 0.25) is 0 Å². The number of amides is 3. The Labute approximate surface area is 204 Å². The summed E-state index contributed by atoms with van der Waals surface area (Å²) in [5.74, 6) is -1.72. The second-order valence-corrected chi connectivity index (χ2v) is 8.84. The maximum Gasteiger partial charge on any atom is 0.416 e. The normalized spacial score (nSPS) is 17.9. The quantitative estimate of drug-likeness (QED) is 0.287. The van der Waals surface area contributed by atoms with E-state index in [1.54, 1.807) is 23.9 Å². The fourth-order valence-corrected chi connectivity index (χ4v) is 4.03. The molecule has 2 atom stereocenters. The molecule has 1 heterocycles. The molecule has 0 radical (unpaired) electrons. The highest BCUT2D eigenvalue weighted by Crippen LogP contribution is 2.31. The predicted molar refractivity (Wildman–Crippen MR) is 127 cm³/mol. The van der Waals surface area contributed by atoms with Crippen molar-refractivity contribution >= 4 is 35.2 Å². The lowest BCUT2D eigenvalue weighted by Crippen LogP contribution is -2.60. The number of piperidine rings is 1. The van der Waals surface area contributed by atoms with Gasteiger partial charge in [0.2, 0.25) is 5.91 Å². The van der Waals surface area contributed by atoms with Crippen molar-refractivity contribution in [3.8, 4) is 0 Å². The Hall–Kier alpha value is -3.25. The number of thioether (sulfide) groups is 1. The molecule has 0 bridgehead atoms. The minimum atomic E-state index is -4.63. The first-order chi connectivity index (χ1) is 16.6. The number of carbonyl (C=O) groups excluding carboxylic acids is 3. The zero-order chi connectivity index (χ0) is 25.6. The van der Waals surface area contributed by atoms with Gasteiger partial charge in [0, 0.05) is 22.7 Å². The summed E-state index contributed by atoms with van der Waals surface area (Å²) in [5, 5.41) is 11.1. The Morgan fingerprint density at radius 1 is 1.06 bits per heavy atom. The number of benzene rings is 2. The van der Waals surface area contributed by atoms with Crippen LogP contribution in [-0.4, -0.2) is 55.7 Å². The fourth-order valence-electron chi connectivity index (χ4n) is 3.62. The van der Waals surface area contributed by atoms with Gasteiger partial charge in [0.25, 0.3) is 11.8 Å². The molecule has 0 spiro atoms. The van der Waals surface area contributed by atoms with Gasteiger partial charge in [-0.1, -0.05) is 0 Å². The van der Waals surface area contributed by atoms with Crippen molar-refractivity contribution < 1.29 is 27.6 Å². The predicted octanol–water partition coefficient (Wildman–Crippen LogP) is 2.02. The van der Waals surface area contributed by atoms with E-state index in [9.17, 15) is 27.6 Å². The SMILES string of the molecule is CSc1ccc(C(=O)N[C@@H]2CCNC[C@@H]2NC(=O)CNC(=O)c2cc(C(F)(F)F)ccc2N)cc1. The third-order valence-electron chi connectivity index (χ3n) is 5.53. The Balaban J connectivity index is 1.57. The van der Waals surface area contributed by atoms with Crippen LogP contribution in [0.4, 0.5) is 18.9 Å². The van der Waals surface area contributed by atoms with Crippen molar-refractivity contribution in [2.75, 3.05) is 31.6 Å².